The fourth-order valence-electron chi connectivity index (χ4n) is 2.90. The molecule has 0 bridgehead atoms. The lowest BCUT2D eigenvalue weighted by atomic mass is 9.94. The number of aliphatic hydroxyl groups is 1. The smallest absolute Gasteiger partial charge is 0.0923 e. The molecule has 1 N–H and O–H groups in total. The fraction of sp³-hybridized carbons (Fsp3) is 0.778. The zero-order valence-corrected chi connectivity index (χ0v) is 6.53. The Morgan fingerprint density at radius 3 is 3.09 bits per heavy atom. The molecular weight excluding hydrogens is 138 g/mol. The van der Waals surface area contributed by atoms with Crippen molar-refractivity contribution >= 4 is 0 Å². The molecule has 2 saturated heterocycles. The van der Waals surface area contributed by atoms with Gasteiger partial charge in [-0.15, -0.1) is 0 Å². The Labute approximate surface area is 66.5 Å². The van der Waals surface area contributed by atoms with Gasteiger partial charge in [0.1, 0.15) is 0 Å². The minimum absolute atomic E-state index is 0.173. The maximum atomic E-state index is 9.70. The van der Waals surface area contributed by atoms with Crippen LogP contribution in [-0.2, 0) is 0 Å². The van der Waals surface area contributed by atoms with Crippen molar-refractivity contribution in [2.24, 2.45) is 0 Å². The largest absolute Gasteiger partial charge is 0.387 e. The van der Waals surface area contributed by atoms with E-state index in [4.69, 9.17) is 0 Å². The summed E-state index contributed by atoms with van der Waals surface area (Å²) in [6.45, 7) is 1.20. The van der Waals surface area contributed by atoms with E-state index < -0.39 is 0 Å². The molecule has 60 valence electrons. The monoisotopic (exact) mass is 151 g/mol. The highest BCUT2D eigenvalue weighted by molar-refractivity contribution is 5.37. The summed E-state index contributed by atoms with van der Waals surface area (Å²) in [5, 5.41) is 9.70. The van der Waals surface area contributed by atoms with E-state index in [0.717, 1.165) is 0 Å². The summed E-state index contributed by atoms with van der Waals surface area (Å²) in [4.78, 5) is 2.45. The van der Waals surface area contributed by atoms with Crippen molar-refractivity contribution < 1.29 is 5.11 Å². The standard InChI is InChI=1S/C9H13NO/c11-8-4-3-7-9(8)5-1-2-6-10(7)9/h3-4,7-8,11H,1-2,5-6H2/t7-,8-,9-,10?/m1/s1. The van der Waals surface area contributed by atoms with Gasteiger partial charge < -0.3 is 5.11 Å². The molecule has 0 aromatic rings. The quantitative estimate of drug-likeness (QED) is 0.403. The van der Waals surface area contributed by atoms with Gasteiger partial charge in [0.25, 0.3) is 0 Å². The Kier molecular flexibility index (Phi) is 0.958. The van der Waals surface area contributed by atoms with Crippen LogP contribution in [-0.4, -0.2) is 34.2 Å². The SMILES string of the molecule is O[C@@H]1C=C[C@H]2N3CCCC[C@]123. The lowest BCUT2D eigenvalue weighted by Crippen LogP contribution is -2.34. The summed E-state index contributed by atoms with van der Waals surface area (Å²) in [5.41, 5.74) is 0.193. The van der Waals surface area contributed by atoms with Crippen molar-refractivity contribution in [1.29, 1.82) is 0 Å². The highest BCUT2D eigenvalue weighted by Crippen LogP contribution is 2.54. The molecule has 3 aliphatic rings. The Balaban J connectivity index is 1.95. The number of nitrogens with zero attached hydrogens (tertiary/aromatic N) is 1. The Morgan fingerprint density at radius 1 is 1.36 bits per heavy atom. The summed E-state index contributed by atoms with van der Waals surface area (Å²) in [5.74, 6) is 0. The molecule has 4 atom stereocenters. The van der Waals surface area contributed by atoms with Gasteiger partial charge in [0.2, 0.25) is 0 Å². The van der Waals surface area contributed by atoms with Gasteiger partial charge in [0.15, 0.2) is 0 Å². The van der Waals surface area contributed by atoms with Gasteiger partial charge in [0.05, 0.1) is 11.6 Å². The van der Waals surface area contributed by atoms with Gasteiger partial charge in [-0.05, 0) is 19.4 Å². The van der Waals surface area contributed by atoms with Crippen LogP contribution in [0.25, 0.3) is 0 Å². The molecule has 0 amide bonds. The van der Waals surface area contributed by atoms with Crippen molar-refractivity contribution in [1.82, 2.24) is 4.90 Å². The van der Waals surface area contributed by atoms with Crippen LogP contribution in [0.15, 0.2) is 12.2 Å². The van der Waals surface area contributed by atoms with Crippen LogP contribution in [0.3, 0.4) is 0 Å². The highest BCUT2D eigenvalue weighted by atomic mass is 16.3. The second-order valence-corrected chi connectivity index (χ2v) is 3.92. The average Bonchev–Trinajstić information content (AvgIpc) is 2.61. The van der Waals surface area contributed by atoms with E-state index >= 15 is 0 Å². The molecule has 2 nitrogen and oxygen atoms in total. The van der Waals surface area contributed by atoms with Gasteiger partial charge in [-0.3, -0.25) is 4.90 Å². The van der Waals surface area contributed by atoms with Crippen molar-refractivity contribution in [3.63, 3.8) is 0 Å². The van der Waals surface area contributed by atoms with Crippen molar-refractivity contribution in [3.8, 4) is 0 Å². The first-order valence-corrected chi connectivity index (χ1v) is 4.49. The molecule has 1 aliphatic carbocycles. The topological polar surface area (TPSA) is 23.2 Å². The van der Waals surface area contributed by atoms with Crippen LogP contribution in [0.2, 0.25) is 0 Å². The molecule has 2 fully saturated rings. The predicted octanol–water partition coefficient (Wildman–Crippen LogP) is 0.524. The molecule has 1 unspecified atom stereocenters. The maximum Gasteiger partial charge on any atom is 0.0923 e. The number of piperidine rings is 1. The Hall–Kier alpha value is -0.340. The van der Waals surface area contributed by atoms with E-state index in [1.54, 1.807) is 0 Å². The third-order valence-electron chi connectivity index (χ3n) is 3.53. The van der Waals surface area contributed by atoms with Crippen molar-refractivity contribution in [2.75, 3.05) is 6.54 Å². The second-order valence-electron chi connectivity index (χ2n) is 3.92. The zero-order chi connectivity index (χ0) is 7.47. The van der Waals surface area contributed by atoms with Gasteiger partial charge >= 0.3 is 0 Å². The highest BCUT2D eigenvalue weighted by Gasteiger charge is 2.67. The first-order valence-electron chi connectivity index (χ1n) is 4.49. The Bertz CT molecular complexity index is 226. The molecule has 0 aromatic carbocycles. The summed E-state index contributed by atoms with van der Waals surface area (Å²) in [6, 6.07) is 0.597. The molecule has 0 aromatic heterocycles. The molecule has 2 heterocycles. The van der Waals surface area contributed by atoms with Gasteiger partial charge in [-0.2, -0.15) is 0 Å². The lowest BCUT2D eigenvalue weighted by Gasteiger charge is -2.24. The minimum Gasteiger partial charge on any atom is -0.387 e. The van der Waals surface area contributed by atoms with Crippen LogP contribution >= 0.6 is 0 Å². The molecular formula is C9H13NO. The molecule has 3 rings (SSSR count). The summed E-state index contributed by atoms with van der Waals surface area (Å²) < 4.78 is 0. The first-order chi connectivity index (χ1) is 5.36. The normalized spacial score (nSPS) is 58.8. The van der Waals surface area contributed by atoms with Crippen LogP contribution in [0.4, 0.5) is 0 Å². The van der Waals surface area contributed by atoms with Crippen molar-refractivity contribution in [3.05, 3.63) is 12.2 Å². The molecule has 0 radical (unpaired) electrons. The van der Waals surface area contributed by atoms with Crippen LogP contribution in [0, 0.1) is 0 Å². The molecule has 0 saturated carbocycles. The Morgan fingerprint density at radius 2 is 2.27 bits per heavy atom. The summed E-state index contributed by atoms with van der Waals surface area (Å²) in [7, 11) is 0. The molecule has 2 aliphatic heterocycles. The van der Waals surface area contributed by atoms with Crippen molar-refractivity contribution in [2.45, 2.75) is 36.9 Å². The summed E-state index contributed by atoms with van der Waals surface area (Å²) in [6.07, 6.45) is 7.78. The fourth-order valence-corrected chi connectivity index (χ4v) is 2.90. The van der Waals surface area contributed by atoms with Crippen LogP contribution < -0.4 is 0 Å². The van der Waals surface area contributed by atoms with E-state index in [1.165, 1.54) is 25.8 Å². The average molecular weight is 151 g/mol. The molecule has 1 spiro atoms. The third kappa shape index (κ3) is 0.531. The first kappa shape index (κ1) is 6.21. The maximum absolute atomic E-state index is 9.70. The van der Waals surface area contributed by atoms with Gasteiger partial charge in [-0.25, -0.2) is 0 Å². The number of hydrogen-bond acceptors (Lipinski definition) is 2. The van der Waals surface area contributed by atoms with Crippen LogP contribution in [0.5, 0.6) is 0 Å². The number of aliphatic hydroxyl groups excluding tert-OH is 1. The van der Waals surface area contributed by atoms with Gasteiger partial charge in [0, 0.05) is 6.04 Å². The molecule has 2 heteroatoms. The van der Waals surface area contributed by atoms with E-state index in [9.17, 15) is 5.11 Å². The third-order valence-corrected chi connectivity index (χ3v) is 3.53. The van der Waals surface area contributed by atoms with E-state index in [2.05, 4.69) is 11.0 Å². The minimum atomic E-state index is -0.173. The molecule has 11 heavy (non-hydrogen) atoms. The zero-order valence-electron chi connectivity index (χ0n) is 6.53. The van der Waals surface area contributed by atoms with E-state index in [-0.39, 0.29) is 11.6 Å². The second kappa shape index (κ2) is 1.70. The van der Waals surface area contributed by atoms with Gasteiger partial charge in [-0.1, -0.05) is 18.6 Å². The summed E-state index contributed by atoms with van der Waals surface area (Å²) >= 11 is 0. The number of fused-ring (bicyclic) bond motifs is 1. The predicted molar refractivity (Wildman–Crippen MR) is 42.2 cm³/mol. The van der Waals surface area contributed by atoms with Crippen LogP contribution in [0.1, 0.15) is 19.3 Å². The number of rotatable bonds is 0. The lowest BCUT2D eigenvalue weighted by molar-refractivity contribution is 0.127. The van der Waals surface area contributed by atoms with E-state index in [1.807, 2.05) is 6.08 Å². The number of hydrogen-bond donors (Lipinski definition) is 1. The van der Waals surface area contributed by atoms with E-state index in [0.29, 0.717) is 6.04 Å².